The summed E-state index contributed by atoms with van der Waals surface area (Å²) in [5.41, 5.74) is 0. The van der Waals surface area contributed by atoms with Crippen LogP contribution in [0.25, 0.3) is 0 Å². The summed E-state index contributed by atoms with van der Waals surface area (Å²) in [5.74, 6) is -0.0756. The fraction of sp³-hybridized carbons (Fsp3) is 0.857. The van der Waals surface area contributed by atoms with Gasteiger partial charge in [-0.15, -0.1) is 0 Å². The van der Waals surface area contributed by atoms with Gasteiger partial charge in [0.05, 0.1) is 13.2 Å². The topological polar surface area (TPSA) is 61.4 Å². The third-order valence-corrected chi connectivity index (χ3v) is 1.22. The molecular formula is C7H16N2O2. The van der Waals surface area contributed by atoms with Gasteiger partial charge < -0.3 is 15.7 Å². The summed E-state index contributed by atoms with van der Waals surface area (Å²) in [6.07, 6.45) is 0. The van der Waals surface area contributed by atoms with Crippen molar-refractivity contribution < 1.29 is 9.90 Å². The van der Waals surface area contributed by atoms with Crippen molar-refractivity contribution in [1.82, 2.24) is 10.6 Å². The summed E-state index contributed by atoms with van der Waals surface area (Å²) in [7, 11) is 0. The standard InChI is InChI=1S/C7H16N2O2/c1-3-8-4-7(11)9-6(2)5-10/h6,8,10H,3-5H2,1-2H3,(H,9,11)/t6-/m0/s1. The lowest BCUT2D eigenvalue weighted by atomic mass is 10.3. The molecule has 0 aromatic carbocycles. The molecule has 0 aromatic heterocycles. The number of carbonyl (C=O) groups excluding carboxylic acids is 1. The molecule has 11 heavy (non-hydrogen) atoms. The second kappa shape index (κ2) is 6.12. The molecule has 0 aliphatic carbocycles. The second-order valence-corrected chi connectivity index (χ2v) is 2.43. The molecule has 0 rings (SSSR count). The van der Waals surface area contributed by atoms with Gasteiger partial charge in [-0.1, -0.05) is 6.92 Å². The van der Waals surface area contributed by atoms with Crippen molar-refractivity contribution in [3.05, 3.63) is 0 Å². The van der Waals surface area contributed by atoms with Crippen molar-refractivity contribution in [3.63, 3.8) is 0 Å². The molecule has 0 spiro atoms. The fourth-order valence-corrected chi connectivity index (χ4v) is 0.610. The average Bonchev–Trinajstić information content (AvgIpc) is 2.00. The van der Waals surface area contributed by atoms with Crippen molar-refractivity contribution in [2.75, 3.05) is 19.7 Å². The molecule has 0 fully saturated rings. The van der Waals surface area contributed by atoms with E-state index in [1.807, 2.05) is 6.92 Å². The van der Waals surface area contributed by atoms with Crippen LogP contribution in [-0.4, -0.2) is 36.8 Å². The van der Waals surface area contributed by atoms with E-state index in [0.717, 1.165) is 6.54 Å². The maximum absolute atomic E-state index is 10.9. The molecule has 0 aliphatic rings. The minimum absolute atomic E-state index is 0.0160. The number of rotatable bonds is 5. The van der Waals surface area contributed by atoms with Gasteiger partial charge in [0.15, 0.2) is 0 Å². The van der Waals surface area contributed by atoms with E-state index in [1.54, 1.807) is 6.92 Å². The van der Waals surface area contributed by atoms with Gasteiger partial charge >= 0.3 is 0 Å². The molecule has 0 saturated heterocycles. The smallest absolute Gasteiger partial charge is 0.234 e. The van der Waals surface area contributed by atoms with Gasteiger partial charge in [0.25, 0.3) is 0 Å². The van der Waals surface area contributed by atoms with Crippen LogP contribution >= 0.6 is 0 Å². The molecule has 0 heterocycles. The van der Waals surface area contributed by atoms with Gasteiger partial charge in [0, 0.05) is 6.04 Å². The first-order chi connectivity index (χ1) is 5.20. The fourth-order valence-electron chi connectivity index (χ4n) is 0.610. The van der Waals surface area contributed by atoms with E-state index in [0.29, 0.717) is 6.54 Å². The van der Waals surface area contributed by atoms with Crippen LogP contribution < -0.4 is 10.6 Å². The van der Waals surface area contributed by atoms with Crippen LogP contribution in [0.5, 0.6) is 0 Å². The summed E-state index contributed by atoms with van der Waals surface area (Å²) < 4.78 is 0. The molecule has 0 bridgehead atoms. The number of amides is 1. The first-order valence-corrected chi connectivity index (χ1v) is 3.81. The van der Waals surface area contributed by atoms with Crippen molar-refractivity contribution in [3.8, 4) is 0 Å². The number of likely N-dealkylation sites (N-methyl/N-ethyl adjacent to an activating group) is 1. The number of carbonyl (C=O) groups is 1. The number of nitrogens with one attached hydrogen (secondary N) is 2. The van der Waals surface area contributed by atoms with E-state index in [9.17, 15) is 4.79 Å². The average molecular weight is 160 g/mol. The van der Waals surface area contributed by atoms with Crippen molar-refractivity contribution in [2.24, 2.45) is 0 Å². The van der Waals surface area contributed by atoms with Crippen LogP contribution in [0.1, 0.15) is 13.8 Å². The van der Waals surface area contributed by atoms with E-state index < -0.39 is 0 Å². The predicted octanol–water partition coefficient (Wildman–Crippen LogP) is -0.907. The molecule has 66 valence electrons. The van der Waals surface area contributed by atoms with E-state index in [1.165, 1.54) is 0 Å². The zero-order valence-corrected chi connectivity index (χ0v) is 7.05. The molecule has 0 aliphatic heterocycles. The van der Waals surface area contributed by atoms with Crippen molar-refractivity contribution in [1.29, 1.82) is 0 Å². The van der Waals surface area contributed by atoms with Gasteiger partial charge in [-0.05, 0) is 13.5 Å². The zero-order chi connectivity index (χ0) is 8.69. The van der Waals surface area contributed by atoms with Gasteiger partial charge in [0.1, 0.15) is 0 Å². The summed E-state index contributed by atoms with van der Waals surface area (Å²) in [5, 5.41) is 14.1. The first-order valence-electron chi connectivity index (χ1n) is 3.81. The predicted molar refractivity (Wildman–Crippen MR) is 43.2 cm³/mol. The Kier molecular flexibility index (Phi) is 5.78. The van der Waals surface area contributed by atoms with Crippen LogP contribution in [0.3, 0.4) is 0 Å². The highest BCUT2D eigenvalue weighted by atomic mass is 16.3. The van der Waals surface area contributed by atoms with Crippen molar-refractivity contribution >= 4 is 5.91 Å². The Labute approximate surface area is 67.0 Å². The lowest BCUT2D eigenvalue weighted by Crippen LogP contribution is -2.40. The minimum atomic E-state index is -0.152. The largest absolute Gasteiger partial charge is 0.394 e. The third-order valence-electron chi connectivity index (χ3n) is 1.22. The van der Waals surface area contributed by atoms with Gasteiger partial charge in [0.2, 0.25) is 5.91 Å². The Balaban J connectivity index is 3.36. The summed E-state index contributed by atoms with van der Waals surface area (Å²) in [6, 6.07) is -0.152. The van der Waals surface area contributed by atoms with Crippen LogP contribution in [0.2, 0.25) is 0 Å². The first kappa shape index (κ1) is 10.4. The Morgan fingerprint density at radius 2 is 2.27 bits per heavy atom. The number of hydrogen-bond donors (Lipinski definition) is 3. The highest BCUT2D eigenvalue weighted by Crippen LogP contribution is 1.76. The van der Waals surface area contributed by atoms with Crippen LogP contribution in [0, 0.1) is 0 Å². The van der Waals surface area contributed by atoms with Gasteiger partial charge in [-0.2, -0.15) is 0 Å². The molecule has 0 saturated carbocycles. The molecule has 3 N–H and O–H groups in total. The molecule has 4 nitrogen and oxygen atoms in total. The minimum Gasteiger partial charge on any atom is -0.394 e. The lowest BCUT2D eigenvalue weighted by Gasteiger charge is -2.10. The Hall–Kier alpha value is -0.610. The molecule has 4 heteroatoms. The summed E-state index contributed by atoms with van der Waals surface area (Å²) in [4.78, 5) is 10.9. The van der Waals surface area contributed by atoms with Crippen LogP contribution in [-0.2, 0) is 4.79 Å². The summed E-state index contributed by atoms with van der Waals surface area (Å²) in [6.45, 7) is 4.77. The van der Waals surface area contributed by atoms with Gasteiger partial charge in [-0.25, -0.2) is 0 Å². The number of aliphatic hydroxyl groups is 1. The van der Waals surface area contributed by atoms with Gasteiger partial charge in [-0.3, -0.25) is 4.79 Å². The van der Waals surface area contributed by atoms with E-state index in [2.05, 4.69) is 10.6 Å². The number of hydrogen-bond acceptors (Lipinski definition) is 3. The quantitative estimate of drug-likeness (QED) is 0.488. The molecular weight excluding hydrogens is 144 g/mol. The second-order valence-electron chi connectivity index (χ2n) is 2.43. The van der Waals surface area contributed by atoms with Crippen LogP contribution in [0.4, 0.5) is 0 Å². The maximum Gasteiger partial charge on any atom is 0.234 e. The number of aliphatic hydroxyl groups excluding tert-OH is 1. The molecule has 1 amide bonds. The Morgan fingerprint density at radius 3 is 2.73 bits per heavy atom. The zero-order valence-electron chi connectivity index (χ0n) is 7.05. The van der Waals surface area contributed by atoms with E-state index in [-0.39, 0.29) is 18.6 Å². The third kappa shape index (κ3) is 5.82. The molecule has 0 aromatic rings. The SMILES string of the molecule is CCNCC(=O)N[C@@H](C)CO. The summed E-state index contributed by atoms with van der Waals surface area (Å²) >= 11 is 0. The molecule has 1 atom stereocenters. The van der Waals surface area contributed by atoms with Crippen molar-refractivity contribution in [2.45, 2.75) is 19.9 Å². The van der Waals surface area contributed by atoms with Crippen LogP contribution in [0.15, 0.2) is 0 Å². The molecule has 0 radical (unpaired) electrons. The monoisotopic (exact) mass is 160 g/mol. The Bertz CT molecular complexity index is 117. The van der Waals surface area contributed by atoms with E-state index in [4.69, 9.17) is 5.11 Å². The maximum atomic E-state index is 10.9. The Morgan fingerprint density at radius 1 is 1.64 bits per heavy atom. The lowest BCUT2D eigenvalue weighted by molar-refractivity contribution is -0.121. The highest BCUT2D eigenvalue weighted by Gasteiger charge is 2.03. The normalized spacial score (nSPS) is 12.6. The van der Waals surface area contributed by atoms with E-state index >= 15 is 0 Å². The molecule has 0 unspecified atom stereocenters. The highest BCUT2D eigenvalue weighted by molar-refractivity contribution is 5.78.